The Hall–Kier alpha value is -2.46. The molecule has 5 heteroatoms. The van der Waals surface area contributed by atoms with Gasteiger partial charge in [-0.25, -0.2) is 0 Å². The van der Waals surface area contributed by atoms with Crippen LogP contribution in [0.2, 0.25) is 5.02 Å². The van der Waals surface area contributed by atoms with Crippen LogP contribution >= 0.6 is 11.6 Å². The van der Waals surface area contributed by atoms with Crippen LogP contribution < -0.4 is 4.90 Å². The molecule has 0 saturated carbocycles. The number of carbonyl (C=O) groups excluding carboxylic acids is 1. The molecule has 0 radical (unpaired) electrons. The van der Waals surface area contributed by atoms with E-state index in [0.717, 1.165) is 6.34 Å². The van der Waals surface area contributed by atoms with Crippen molar-refractivity contribution in [3.8, 4) is 0 Å². The van der Waals surface area contributed by atoms with Crippen LogP contribution in [-0.2, 0) is 0 Å². The van der Waals surface area contributed by atoms with Crippen LogP contribution in [0.4, 0.5) is 5.69 Å². The van der Waals surface area contributed by atoms with Gasteiger partial charge < -0.3 is 0 Å². The molecular formula is C17H16ClN3O. The fourth-order valence-corrected chi connectivity index (χ4v) is 2.20. The summed E-state index contributed by atoms with van der Waals surface area (Å²) in [6.45, 7) is 1.79. The van der Waals surface area contributed by atoms with Gasteiger partial charge in [-0.3, -0.25) is 20.1 Å². The predicted molar refractivity (Wildman–Crippen MR) is 91.6 cm³/mol. The number of aliphatic imine (C=N–C) groups is 1. The summed E-state index contributed by atoms with van der Waals surface area (Å²) in [5.74, 6) is 0.509. The van der Waals surface area contributed by atoms with E-state index in [1.807, 2.05) is 6.07 Å². The fraction of sp³-hybridized carbons (Fsp3) is 0.118. The van der Waals surface area contributed by atoms with Crippen LogP contribution in [0, 0.1) is 5.41 Å². The molecule has 0 bridgehead atoms. The average molecular weight is 314 g/mol. The molecule has 0 atom stereocenters. The Balaban J connectivity index is 2.50. The third kappa shape index (κ3) is 3.23. The SMILES string of the molecule is CN=C(C)N(C=N)c1ccccc1C(=O)c1ccc(Cl)cc1. The molecule has 0 amide bonds. The van der Waals surface area contributed by atoms with E-state index in [1.54, 1.807) is 61.3 Å². The van der Waals surface area contributed by atoms with E-state index in [-0.39, 0.29) is 5.78 Å². The van der Waals surface area contributed by atoms with Gasteiger partial charge in [-0.15, -0.1) is 0 Å². The number of hydrogen-bond donors (Lipinski definition) is 1. The maximum Gasteiger partial charge on any atom is 0.195 e. The fourth-order valence-electron chi connectivity index (χ4n) is 2.08. The number of nitrogens with one attached hydrogen (secondary N) is 1. The number of halogens is 1. The highest BCUT2D eigenvalue weighted by Gasteiger charge is 2.18. The second-order valence-electron chi connectivity index (χ2n) is 4.62. The molecule has 0 spiro atoms. The molecule has 0 aromatic heterocycles. The first-order valence-electron chi connectivity index (χ1n) is 6.71. The van der Waals surface area contributed by atoms with Crippen molar-refractivity contribution in [1.29, 1.82) is 5.41 Å². The largest absolute Gasteiger partial charge is 0.291 e. The maximum atomic E-state index is 12.7. The quantitative estimate of drug-likeness (QED) is 0.526. The topological polar surface area (TPSA) is 56.5 Å². The monoisotopic (exact) mass is 313 g/mol. The molecule has 0 aliphatic carbocycles. The average Bonchev–Trinajstić information content (AvgIpc) is 2.56. The van der Waals surface area contributed by atoms with E-state index < -0.39 is 0 Å². The predicted octanol–water partition coefficient (Wildman–Crippen LogP) is 4.03. The lowest BCUT2D eigenvalue weighted by Gasteiger charge is -2.21. The molecule has 0 saturated heterocycles. The smallest absolute Gasteiger partial charge is 0.195 e. The van der Waals surface area contributed by atoms with Gasteiger partial charge in [-0.05, 0) is 43.3 Å². The van der Waals surface area contributed by atoms with Crippen LogP contribution in [0.25, 0.3) is 0 Å². The Morgan fingerprint density at radius 3 is 2.41 bits per heavy atom. The van der Waals surface area contributed by atoms with Gasteiger partial charge in [-0.1, -0.05) is 23.7 Å². The highest BCUT2D eigenvalue weighted by molar-refractivity contribution is 6.30. The Labute approximate surface area is 134 Å². The van der Waals surface area contributed by atoms with Crippen molar-refractivity contribution in [2.75, 3.05) is 11.9 Å². The lowest BCUT2D eigenvalue weighted by Crippen LogP contribution is -2.28. The first kappa shape index (κ1) is 15.9. The molecule has 4 nitrogen and oxygen atoms in total. The van der Waals surface area contributed by atoms with E-state index >= 15 is 0 Å². The molecule has 0 unspecified atom stereocenters. The molecule has 2 aromatic carbocycles. The minimum Gasteiger partial charge on any atom is -0.291 e. The van der Waals surface area contributed by atoms with Crippen LogP contribution in [0.5, 0.6) is 0 Å². The second kappa shape index (κ2) is 7.00. The van der Waals surface area contributed by atoms with Crippen molar-refractivity contribution < 1.29 is 4.79 Å². The Morgan fingerprint density at radius 1 is 1.18 bits per heavy atom. The zero-order valence-corrected chi connectivity index (χ0v) is 13.1. The minimum atomic E-state index is -0.122. The number of benzene rings is 2. The van der Waals surface area contributed by atoms with Gasteiger partial charge in [0.05, 0.1) is 12.0 Å². The van der Waals surface area contributed by atoms with E-state index in [2.05, 4.69) is 4.99 Å². The Bertz CT molecular complexity index is 723. The number of nitrogens with zero attached hydrogens (tertiary/aromatic N) is 2. The van der Waals surface area contributed by atoms with Crippen molar-refractivity contribution >= 4 is 35.2 Å². The minimum absolute atomic E-state index is 0.122. The van der Waals surface area contributed by atoms with Crippen molar-refractivity contribution in [3.63, 3.8) is 0 Å². The number of rotatable bonds is 4. The highest BCUT2D eigenvalue weighted by atomic mass is 35.5. The Kier molecular flexibility index (Phi) is 5.07. The van der Waals surface area contributed by atoms with Gasteiger partial charge in [0.15, 0.2) is 5.78 Å². The molecule has 22 heavy (non-hydrogen) atoms. The van der Waals surface area contributed by atoms with Crippen molar-refractivity contribution in [2.45, 2.75) is 6.92 Å². The molecule has 2 rings (SSSR count). The number of carbonyl (C=O) groups is 1. The van der Waals surface area contributed by atoms with Gasteiger partial charge in [0.25, 0.3) is 0 Å². The summed E-state index contributed by atoms with van der Waals surface area (Å²) >= 11 is 5.86. The zero-order valence-electron chi connectivity index (χ0n) is 12.4. The zero-order chi connectivity index (χ0) is 16.1. The van der Waals surface area contributed by atoms with Crippen LogP contribution in [0.15, 0.2) is 53.5 Å². The molecule has 2 aromatic rings. The maximum absolute atomic E-state index is 12.7. The Morgan fingerprint density at radius 2 is 1.82 bits per heavy atom. The first-order valence-corrected chi connectivity index (χ1v) is 7.08. The van der Waals surface area contributed by atoms with Crippen molar-refractivity contribution in [3.05, 3.63) is 64.7 Å². The molecule has 0 heterocycles. The lowest BCUT2D eigenvalue weighted by molar-refractivity contribution is 0.103. The molecular weight excluding hydrogens is 298 g/mol. The molecule has 0 aliphatic heterocycles. The molecule has 0 fully saturated rings. The number of para-hydroxylation sites is 1. The number of amidine groups is 1. The van der Waals surface area contributed by atoms with Crippen LogP contribution in [-0.4, -0.2) is 25.0 Å². The van der Waals surface area contributed by atoms with Gasteiger partial charge in [0.1, 0.15) is 5.84 Å². The number of ketones is 1. The van der Waals surface area contributed by atoms with Crippen LogP contribution in [0.1, 0.15) is 22.8 Å². The highest BCUT2D eigenvalue weighted by Crippen LogP contribution is 2.23. The van der Waals surface area contributed by atoms with Crippen LogP contribution in [0.3, 0.4) is 0 Å². The lowest BCUT2D eigenvalue weighted by atomic mass is 10.0. The summed E-state index contributed by atoms with van der Waals surface area (Å²) in [5.41, 5.74) is 1.68. The summed E-state index contributed by atoms with van der Waals surface area (Å²) in [4.78, 5) is 18.4. The summed E-state index contributed by atoms with van der Waals surface area (Å²) in [7, 11) is 1.65. The van der Waals surface area contributed by atoms with Gasteiger partial charge >= 0.3 is 0 Å². The first-order chi connectivity index (χ1) is 10.6. The van der Waals surface area contributed by atoms with Crippen molar-refractivity contribution in [2.24, 2.45) is 4.99 Å². The normalized spacial score (nSPS) is 11.1. The third-order valence-electron chi connectivity index (χ3n) is 3.32. The van der Waals surface area contributed by atoms with E-state index in [4.69, 9.17) is 17.0 Å². The summed E-state index contributed by atoms with van der Waals surface area (Å²) in [6, 6.07) is 13.9. The van der Waals surface area contributed by atoms with E-state index in [9.17, 15) is 4.79 Å². The third-order valence-corrected chi connectivity index (χ3v) is 3.57. The number of hydrogen-bond acceptors (Lipinski definition) is 3. The molecule has 0 aliphatic rings. The summed E-state index contributed by atoms with van der Waals surface area (Å²) < 4.78 is 0. The summed E-state index contributed by atoms with van der Waals surface area (Å²) in [6.07, 6.45) is 1.15. The standard InChI is InChI=1S/C17H16ClN3O/c1-12(20-2)21(11-19)16-6-4-3-5-15(16)17(22)13-7-9-14(18)10-8-13/h3-11,19H,1-2H3. The van der Waals surface area contributed by atoms with Gasteiger partial charge in [0, 0.05) is 23.2 Å². The molecule has 1 N–H and O–H groups in total. The molecule has 112 valence electrons. The van der Waals surface area contributed by atoms with E-state index in [0.29, 0.717) is 27.7 Å². The number of anilines is 1. The van der Waals surface area contributed by atoms with E-state index in [1.165, 1.54) is 0 Å². The van der Waals surface area contributed by atoms with Crippen molar-refractivity contribution in [1.82, 2.24) is 0 Å². The second-order valence-corrected chi connectivity index (χ2v) is 5.06. The van der Waals surface area contributed by atoms with Gasteiger partial charge in [-0.2, -0.15) is 0 Å². The summed E-state index contributed by atoms with van der Waals surface area (Å²) in [5, 5.41) is 8.18. The van der Waals surface area contributed by atoms with Gasteiger partial charge in [0.2, 0.25) is 0 Å².